The highest BCUT2D eigenvalue weighted by Crippen LogP contribution is 2.16. The number of halogens is 1. The second kappa shape index (κ2) is 7.47. The number of aliphatic imine (C=N–C) groups is 1. The Hall–Kier alpha value is -1.53. The van der Waals surface area contributed by atoms with Crippen LogP contribution in [0, 0.1) is 0 Å². The Labute approximate surface area is 132 Å². The lowest BCUT2D eigenvalue weighted by Gasteiger charge is -2.07. The topological polar surface area (TPSA) is 70.1 Å². The molecule has 7 heteroatoms. The summed E-state index contributed by atoms with van der Waals surface area (Å²) in [6.07, 6.45) is 0. The summed E-state index contributed by atoms with van der Waals surface area (Å²) in [5.74, 6) is 1.16. The number of amidine groups is 1. The van der Waals surface area contributed by atoms with Gasteiger partial charge in [-0.3, -0.25) is 9.79 Å². The highest BCUT2D eigenvalue weighted by molar-refractivity contribution is 8.13. The molecule has 0 aliphatic carbocycles. The fraction of sp³-hybridized carbons (Fsp3) is 0.357. The lowest BCUT2D eigenvalue weighted by molar-refractivity contribution is 0.963. The van der Waals surface area contributed by atoms with Crippen molar-refractivity contribution in [3.05, 3.63) is 39.4 Å². The molecular weight excluding hydrogens is 308 g/mol. The van der Waals surface area contributed by atoms with E-state index in [-0.39, 0.29) is 5.56 Å². The zero-order chi connectivity index (χ0) is 15.2. The maximum Gasteiger partial charge on any atom is 0.258 e. The fourth-order valence-electron chi connectivity index (χ4n) is 1.81. The molecule has 0 aliphatic heterocycles. The van der Waals surface area contributed by atoms with Crippen LogP contribution in [0.15, 0.2) is 28.0 Å². The molecule has 1 aromatic heterocycles. The molecule has 0 bridgehead atoms. The molecule has 2 aromatic rings. The van der Waals surface area contributed by atoms with E-state index < -0.39 is 0 Å². The predicted octanol–water partition coefficient (Wildman–Crippen LogP) is 2.80. The average Bonchev–Trinajstić information content (AvgIpc) is 2.45. The van der Waals surface area contributed by atoms with Crippen molar-refractivity contribution >= 4 is 39.4 Å². The second-order valence-corrected chi connectivity index (χ2v) is 5.67. The Balaban J connectivity index is 2.23. The summed E-state index contributed by atoms with van der Waals surface area (Å²) in [4.78, 5) is 23.6. The number of aromatic amines is 1. The summed E-state index contributed by atoms with van der Waals surface area (Å²) in [5.41, 5.74) is 0.462. The Morgan fingerprint density at radius 1 is 1.48 bits per heavy atom. The van der Waals surface area contributed by atoms with Crippen molar-refractivity contribution in [2.45, 2.75) is 19.6 Å². The van der Waals surface area contributed by atoms with E-state index in [4.69, 9.17) is 11.6 Å². The lowest BCUT2D eigenvalue weighted by atomic mass is 10.2. The summed E-state index contributed by atoms with van der Waals surface area (Å²) in [5, 5.41) is 5.16. The third-order valence-electron chi connectivity index (χ3n) is 2.69. The largest absolute Gasteiger partial charge is 0.365 e. The molecule has 0 spiro atoms. The van der Waals surface area contributed by atoms with Gasteiger partial charge >= 0.3 is 0 Å². The molecule has 0 atom stereocenters. The molecule has 21 heavy (non-hydrogen) atoms. The summed E-state index contributed by atoms with van der Waals surface area (Å²) in [7, 11) is 0. The van der Waals surface area contributed by atoms with Gasteiger partial charge in [-0.1, -0.05) is 23.4 Å². The first-order valence-corrected chi connectivity index (χ1v) is 8.10. The SMILES string of the molecule is CCN=C(NCC)SCc1nc2cc(Cl)ccc2c(=O)[nH]1. The Bertz CT molecular complexity index is 714. The number of aromatic nitrogens is 2. The van der Waals surface area contributed by atoms with Gasteiger partial charge in [-0.15, -0.1) is 0 Å². The van der Waals surface area contributed by atoms with Crippen LogP contribution in [0.3, 0.4) is 0 Å². The number of hydrogen-bond donors (Lipinski definition) is 2. The zero-order valence-electron chi connectivity index (χ0n) is 11.9. The summed E-state index contributed by atoms with van der Waals surface area (Å²) < 4.78 is 0. The monoisotopic (exact) mass is 324 g/mol. The van der Waals surface area contributed by atoms with Gasteiger partial charge < -0.3 is 10.3 Å². The molecule has 1 heterocycles. The highest BCUT2D eigenvalue weighted by Gasteiger charge is 2.06. The normalized spacial score (nSPS) is 11.9. The molecular formula is C14H17ClN4OS. The molecule has 2 N–H and O–H groups in total. The number of nitrogens with one attached hydrogen (secondary N) is 2. The van der Waals surface area contributed by atoms with Gasteiger partial charge in [0, 0.05) is 18.1 Å². The van der Waals surface area contributed by atoms with Crippen LogP contribution in [-0.2, 0) is 5.75 Å². The second-order valence-electron chi connectivity index (χ2n) is 4.27. The standard InChI is InChI=1S/C14H17ClN4OS/c1-3-16-14(17-4-2)21-8-12-18-11-7-9(15)5-6-10(11)13(20)19-12/h5-7H,3-4,8H2,1-2H3,(H,16,17)(H,18,19,20). The van der Waals surface area contributed by atoms with Gasteiger partial charge in [0.25, 0.3) is 5.56 Å². The summed E-state index contributed by atoms with van der Waals surface area (Å²) in [6.45, 7) is 5.52. The molecule has 2 rings (SSSR count). The van der Waals surface area contributed by atoms with Gasteiger partial charge in [-0.2, -0.15) is 0 Å². The number of rotatable bonds is 4. The maximum atomic E-state index is 12.0. The fourth-order valence-corrected chi connectivity index (χ4v) is 2.86. The Kier molecular flexibility index (Phi) is 5.64. The minimum atomic E-state index is -0.148. The van der Waals surface area contributed by atoms with Gasteiger partial charge in [0.15, 0.2) is 5.17 Å². The molecule has 0 radical (unpaired) electrons. The minimum Gasteiger partial charge on any atom is -0.365 e. The van der Waals surface area contributed by atoms with Crippen LogP contribution in [0.25, 0.3) is 10.9 Å². The van der Waals surface area contributed by atoms with Crippen molar-refractivity contribution in [2.24, 2.45) is 4.99 Å². The molecule has 0 fully saturated rings. The van der Waals surface area contributed by atoms with Crippen molar-refractivity contribution in [1.82, 2.24) is 15.3 Å². The van der Waals surface area contributed by atoms with Crippen molar-refractivity contribution in [3.8, 4) is 0 Å². The highest BCUT2D eigenvalue weighted by atomic mass is 35.5. The molecule has 1 aromatic carbocycles. The predicted molar refractivity (Wildman–Crippen MR) is 90.3 cm³/mol. The lowest BCUT2D eigenvalue weighted by Crippen LogP contribution is -2.20. The van der Waals surface area contributed by atoms with Gasteiger partial charge in [0.05, 0.1) is 16.7 Å². The van der Waals surface area contributed by atoms with Crippen LogP contribution in [0.5, 0.6) is 0 Å². The molecule has 0 saturated carbocycles. The van der Waals surface area contributed by atoms with Crippen LogP contribution in [0.1, 0.15) is 19.7 Å². The first kappa shape index (κ1) is 15.9. The van der Waals surface area contributed by atoms with Crippen molar-refractivity contribution in [1.29, 1.82) is 0 Å². The summed E-state index contributed by atoms with van der Waals surface area (Å²) >= 11 is 7.47. The quantitative estimate of drug-likeness (QED) is 0.670. The molecule has 5 nitrogen and oxygen atoms in total. The minimum absolute atomic E-state index is 0.148. The number of nitrogens with zero attached hydrogens (tertiary/aromatic N) is 2. The third-order valence-corrected chi connectivity index (χ3v) is 3.89. The summed E-state index contributed by atoms with van der Waals surface area (Å²) in [6, 6.07) is 5.07. The zero-order valence-corrected chi connectivity index (χ0v) is 13.5. The first-order chi connectivity index (χ1) is 10.1. The molecule has 112 valence electrons. The maximum absolute atomic E-state index is 12.0. The van der Waals surface area contributed by atoms with Crippen molar-refractivity contribution < 1.29 is 0 Å². The Morgan fingerprint density at radius 2 is 2.29 bits per heavy atom. The van der Waals surface area contributed by atoms with Crippen LogP contribution in [-0.4, -0.2) is 28.2 Å². The number of thioether (sulfide) groups is 1. The number of H-pyrrole nitrogens is 1. The molecule has 0 saturated heterocycles. The van der Waals surface area contributed by atoms with Crippen LogP contribution in [0.4, 0.5) is 0 Å². The first-order valence-electron chi connectivity index (χ1n) is 6.73. The van der Waals surface area contributed by atoms with E-state index in [0.717, 1.165) is 11.7 Å². The number of fused-ring (bicyclic) bond motifs is 1. The number of benzene rings is 1. The van der Waals surface area contributed by atoms with Crippen LogP contribution < -0.4 is 10.9 Å². The van der Waals surface area contributed by atoms with E-state index in [2.05, 4.69) is 20.3 Å². The van der Waals surface area contributed by atoms with E-state index in [1.165, 1.54) is 11.8 Å². The van der Waals surface area contributed by atoms with E-state index in [9.17, 15) is 4.79 Å². The smallest absolute Gasteiger partial charge is 0.258 e. The molecule has 0 aliphatic rings. The van der Waals surface area contributed by atoms with E-state index in [1.54, 1.807) is 18.2 Å². The van der Waals surface area contributed by atoms with Gasteiger partial charge in [0.1, 0.15) is 5.82 Å². The van der Waals surface area contributed by atoms with Crippen molar-refractivity contribution in [3.63, 3.8) is 0 Å². The van der Waals surface area contributed by atoms with Gasteiger partial charge in [-0.25, -0.2) is 4.98 Å². The van der Waals surface area contributed by atoms with Crippen molar-refractivity contribution in [2.75, 3.05) is 13.1 Å². The van der Waals surface area contributed by atoms with Crippen LogP contribution >= 0.6 is 23.4 Å². The van der Waals surface area contributed by atoms with Gasteiger partial charge in [0.2, 0.25) is 0 Å². The molecule has 0 amide bonds. The van der Waals surface area contributed by atoms with E-state index in [0.29, 0.717) is 34.0 Å². The third kappa shape index (κ3) is 4.22. The van der Waals surface area contributed by atoms with E-state index in [1.807, 2.05) is 13.8 Å². The van der Waals surface area contributed by atoms with E-state index >= 15 is 0 Å². The van der Waals surface area contributed by atoms with Gasteiger partial charge in [-0.05, 0) is 32.0 Å². The average molecular weight is 325 g/mol. The Morgan fingerprint density at radius 3 is 3.00 bits per heavy atom. The molecule has 0 unspecified atom stereocenters. The van der Waals surface area contributed by atoms with Crippen LogP contribution in [0.2, 0.25) is 5.02 Å². The number of hydrogen-bond acceptors (Lipinski definition) is 4.